The van der Waals surface area contributed by atoms with Crippen LogP contribution in [0.15, 0.2) is 60.0 Å². The van der Waals surface area contributed by atoms with E-state index in [0.717, 1.165) is 12.0 Å². The molecule has 0 saturated heterocycles. The second kappa shape index (κ2) is 5.87. The topological polar surface area (TPSA) is 0 Å². The molecule has 0 aliphatic rings. The van der Waals surface area contributed by atoms with Crippen molar-refractivity contribution >= 4 is 17.7 Å². The number of halogens is 1. The molecule has 0 heterocycles. The van der Waals surface area contributed by atoms with Crippen LogP contribution >= 0.6 is 12.1 Å². The van der Waals surface area contributed by atoms with Crippen molar-refractivity contribution in [2.24, 2.45) is 0 Å². The number of rotatable bonds is 4. The van der Waals surface area contributed by atoms with Crippen LogP contribution in [0.2, 0.25) is 0 Å². The van der Waals surface area contributed by atoms with E-state index >= 15 is 0 Å². The van der Waals surface area contributed by atoms with E-state index < -0.39 is 0 Å². The van der Waals surface area contributed by atoms with Crippen LogP contribution in [0.3, 0.4) is 0 Å². The van der Waals surface area contributed by atoms with Gasteiger partial charge in [0.15, 0.2) is 0 Å². The van der Waals surface area contributed by atoms with E-state index in [4.69, 9.17) is 0 Å². The van der Waals surface area contributed by atoms with E-state index in [1.54, 1.807) is 0 Å². The summed E-state index contributed by atoms with van der Waals surface area (Å²) in [5.74, 6) is 0. The second-order valence-corrected chi connectivity index (χ2v) is 4.96. The zero-order chi connectivity index (χ0) is 13.0. The van der Waals surface area contributed by atoms with Crippen LogP contribution in [0, 0.1) is 0 Å². The van der Waals surface area contributed by atoms with E-state index in [0.29, 0.717) is 4.90 Å². The Balaban J connectivity index is 2.25. The highest BCUT2D eigenvalue weighted by molar-refractivity contribution is 7.94. The van der Waals surface area contributed by atoms with E-state index in [9.17, 15) is 3.89 Å². The molecule has 0 N–H and O–H groups in total. The van der Waals surface area contributed by atoms with Gasteiger partial charge >= 0.3 is 0 Å². The van der Waals surface area contributed by atoms with E-state index in [2.05, 4.69) is 18.7 Å². The van der Waals surface area contributed by atoms with Gasteiger partial charge in [-0.3, -0.25) is 0 Å². The minimum atomic E-state index is 0.278. The molecule has 0 amide bonds. The fourth-order valence-electron chi connectivity index (χ4n) is 1.97. The second-order valence-electron chi connectivity index (χ2n) is 4.34. The summed E-state index contributed by atoms with van der Waals surface area (Å²) in [7, 11) is 0. The lowest BCUT2D eigenvalue weighted by Crippen LogP contribution is -1.93. The number of hydrogen-bond donors (Lipinski definition) is 0. The predicted octanol–water partition coefficient (Wildman–Crippen LogP) is 5.29. The maximum Gasteiger partial charge on any atom is 0.0812 e. The van der Waals surface area contributed by atoms with Crippen LogP contribution in [0.5, 0.6) is 0 Å². The van der Waals surface area contributed by atoms with Gasteiger partial charge in [-0.15, -0.1) is 0 Å². The molecule has 0 aliphatic heterocycles. The van der Waals surface area contributed by atoms with Crippen molar-refractivity contribution in [3.05, 3.63) is 71.8 Å². The van der Waals surface area contributed by atoms with Gasteiger partial charge in [0.05, 0.1) is 12.1 Å². The van der Waals surface area contributed by atoms with E-state index in [1.165, 1.54) is 16.7 Å². The molecular formula is C16H15FS. The van der Waals surface area contributed by atoms with Crippen LogP contribution in [0.1, 0.15) is 23.6 Å². The van der Waals surface area contributed by atoms with Crippen LogP contribution in [-0.4, -0.2) is 0 Å². The summed E-state index contributed by atoms with van der Waals surface area (Å²) in [6, 6.07) is 15.8. The zero-order valence-corrected chi connectivity index (χ0v) is 11.1. The highest BCUT2D eigenvalue weighted by atomic mass is 32.2. The van der Waals surface area contributed by atoms with Gasteiger partial charge in [0.25, 0.3) is 0 Å². The minimum absolute atomic E-state index is 0.278. The lowest BCUT2D eigenvalue weighted by molar-refractivity contribution is 0.934. The molecule has 0 bridgehead atoms. The molecule has 92 valence electrons. The van der Waals surface area contributed by atoms with Crippen molar-refractivity contribution in [2.45, 2.75) is 18.2 Å². The fraction of sp³-hybridized carbons (Fsp3) is 0.125. The summed E-state index contributed by atoms with van der Waals surface area (Å²) in [5, 5.41) is 0. The van der Waals surface area contributed by atoms with Gasteiger partial charge in [-0.1, -0.05) is 48.6 Å². The summed E-state index contributed by atoms with van der Waals surface area (Å²) < 4.78 is 12.4. The Kier molecular flexibility index (Phi) is 4.21. The summed E-state index contributed by atoms with van der Waals surface area (Å²) in [5.41, 5.74) is 4.70. The first kappa shape index (κ1) is 12.9. The summed E-state index contributed by atoms with van der Waals surface area (Å²) in [6.45, 7) is 6.02. The molecule has 2 heteroatoms. The first-order valence-corrected chi connectivity index (χ1v) is 6.53. The molecule has 2 aromatic rings. The molecule has 0 radical (unpaired) electrons. The largest absolute Gasteiger partial charge is 0.160 e. The lowest BCUT2D eigenvalue weighted by atomic mass is 9.96. The van der Waals surface area contributed by atoms with Crippen molar-refractivity contribution in [3.63, 3.8) is 0 Å². The van der Waals surface area contributed by atoms with Gasteiger partial charge in [-0.25, -0.2) is 0 Å². The molecule has 0 fully saturated rings. The lowest BCUT2D eigenvalue weighted by Gasteiger charge is -2.09. The molecule has 0 nitrogen and oxygen atoms in total. The van der Waals surface area contributed by atoms with Gasteiger partial charge in [-0.2, -0.15) is 3.89 Å². The number of benzene rings is 2. The maximum atomic E-state index is 12.4. The van der Waals surface area contributed by atoms with Crippen molar-refractivity contribution < 1.29 is 3.89 Å². The average molecular weight is 258 g/mol. The first-order chi connectivity index (χ1) is 8.70. The van der Waals surface area contributed by atoms with Crippen LogP contribution < -0.4 is 0 Å². The molecule has 0 aliphatic carbocycles. The molecule has 0 saturated carbocycles. The summed E-state index contributed by atoms with van der Waals surface area (Å²) in [6.07, 6.45) is 0.847. The molecule has 0 spiro atoms. The van der Waals surface area contributed by atoms with Gasteiger partial charge in [0.2, 0.25) is 0 Å². The Morgan fingerprint density at radius 1 is 1.11 bits per heavy atom. The average Bonchev–Trinajstić information content (AvgIpc) is 2.40. The Morgan fingerprint density at radius 2 is 1.78 bits per heavy atom. The van der Waals surface area contributed by atoms with Gasteiger partial charge in [-0.05, 0) is 42.2 Å². The molecule has 0 atom stereocenters. The highest BCUT2D eigenvalue weighted by Gasteiger charge is 2.03. The standard InChI is InChI=1S/C16H15FS/c1-12(2)16-6-4-3-5-14(16)11-13-7-9-15(18-17)10-8-13/h3-10H,1,11H2,2H3. The zero-order valence-electron chi connectivity index (χ0n) is 10.3. The monoisotopic (exact) mass is 258 g/mol. The van der Waals surface area contributed by atoms with Crippen molar-refractivity contribution in [1.82, 2.24) is 0 Å². The quantitative estimate of drug-likeness (QED) is 0.718. The Bertz CT molecular complexity index is 543. The third-order valence-corrected chi connectivity index (χ3v) is 3.33. The Hall–Kier alpha value is -1.54. The SMILES string of the molecule is C=C(C)c1ccccc1Cc1ccc(SF)cc1. The van der Waals surface area contributed by atoms with Crippen LogP contribution in [0.25, 0.3) is 5.57 Å². The van der Waals surface area contributed by atoms with Gasteiger partial charge in [0, 0.05) is 4.90 Å². The number of hydrogen-bond acceptors (Lipinski definition) is 1. The fourth-order valence-corrected chi connectivity index (χ4v) is 2.21. The van der Waals surface area contributed by atoms with Crippen molar-refractivity contribution in [1.29, 1.82) is 0 Å². The van der Waals surface area contributed by atoms with Crippen molar-refractivity contribution in [3.8, 4) is 0 Å². The Morgan fingerprint density at radius 3 is 2.39 bits per heavy atom. The molecular weight excluding hydrogens is 243 g/mol. The van der Waals surface area contributed by atoms with E-state index in [1.807, 2.05) is 43.3 Å². The summed E-state index contributed by atoms with van der Waals surface area (Å²) in [4.78, 5) is 0.645. The molecule has 0 unspecified atom stereocenters. The van der Waals surface area contributed by atoms with Crippen molar-refractivity contribution in [2.75, 3.05) is 0 Å². The third-order valence-electron chi connectivity index (χ3n) is 2.88. The van der Waals surface area contributed by atoms with E-state index in [-0.39, 0.29) is 12.1 Å². The van der Waals surface area contributed by atoms with Crippen LogP contribution in [-0.2, 0) is 6.42 Å². The first-order valence-electron chi connectivity index (χ1n) is 5.82. The molecule has 2 rings (SSSR count). The smallest absolute Gasteiger partial charge is 0.0812 e. The minimum Gasteiger partial charge on any atom is -0.160 e. The number of allylic oxidation sites excluding steroid dienone is 1. The molecule has 18 heavy (non-hydrogen) atoms. The molecule has 0 aromatic heterocycles. The highest BCUT2D eigenvalue weighted by Crippen LogP contribution is 2.23. The molecule has 2 aromatic carbocycles. The third kappa shape index (κ3) is 3.02. The van der Waals surface area contributed by atoms with Gasteiger partial charge in [0.1, 0.15) is 0 Å². The van der Waals surface area contributed by atoms with Crippen LogP contribution in [0.4, 0.5) is 3.89 Å². The normalized spacial score (nSPS) is 10.3. The predicted molar refractivity (Wildman–Crippen MR) is 77.4 cm³/mol. The summed E-state index contributed by atoms with van der Waals surface area (Å²) >= 11 is 0.278. The maximum absolute atomic E-state index is 12.4. The van der Waals surface area contributed by atoms with Gasteiger partial charge < -0.3 is 0 Å². The Labute approximate surface area is 112 Å².